The van der Waals surface area contributed by atoms with Gasteiger partial charge >= 0.3 is 0 Å². The zero-order chi connectivity index (χ0) is 6.24. The van der Waals surface area contributed by atoms with E-state index in [0.29, 0.717) is 0 Å². The molecule has 8 heavy (non-hydrogen) atoms. The highest BCUT2D eigenvalue weighted by molar-refractivity contribution is 4.09. The van der Waals surface area contributed by atoms with Crippen molar-refractivity contribution in [1.82, 2.24) is 33.1 Å². The first kappa shape index (κ1) is 7.72. The standard InChI is InChI=1S/CH11N7/c1-3-5-7-8-6-4-2/h3-8H,2H2,1H3. The molecule has 0 amide bonds. The van der Waals surface area contributed by atoms with Crippen molar-refractivity contribution < 1.29 is 0 Å². The van der Waals surface area contributed by atoms with Crippen molar-refractivity contribution in [2.75, 3.05) is 7.05 Å². The highest BCUT2D eigenvalue weighted by Gasteiger charge is 1.71. The molecule has 7 nitrogen and oxygen atoms in total. The van der Waals surface area contributed by atoms with E-state index in [0.717, 1.165) is 0 Å². The molecular weight excluding hydrogens is 110 g/mol. The zero-order valence-corrected chi connectivity index (χ0v) is 4.58. The summed E-state index contributed by atoms with van der Waals surface area (Å²) < 4.78 is 0. The molecule has 0 bridgehead atoms. The van der Waals surface area contributed by atoms with E-state index in [9.17, 15) is 0 Å². The lowest BCUT2D eigenvalue weighted by molar-refractivity contribution is 0.307. The van der Waals surface area contributed by atoms with Crippen molar-refractivity contribution in [2.24, 2.45) is 5.84 Å². The first-order valence-corrected chi connectivity index (χ1v) is 2.04. The summed E-state index contributed by atoms with van der Waals surface area (Å²) in [5.74, 6) is 4.80. The summed E-state index contributed by atoms with van der Waals surface area (Å²) in [6.45, 7) is 0. The van der Waals surface area contributed by atoms with Gasteiger partial charge < -0.3 is 0 Å². The second-order valence-corrected chi connectivity index (χ2v) is 0.894. The maximum absolute atomic E-state index is 4.80. The van der Waals surface area contributed by atoms with Crippen LogP contribution in [0.2, 0.25) is 0 Å². The molecule has 7 heteroatoms. The highest BCUT2D eigenvalue weighted by Crippen LogP contribution is 1.19. The number of hydrogen-bond acceptors (Lipinski definition) is 7. The molecular formula is CH11N7. The van der Waals surface area contributed by atoms with Gasteiger partial charge in [-0.05, 0) is 7.05 Å². The van der Waals surface area contributed by atoms with Crippen LogP contribution in [0.4, 0.5) is 0 Å². The Bertz CT molecular complexity index is 29.4. The maximum Gasteiger partial charge on any atom is -0.000111 e. The Kier molecular flexibility index (Phi) is 6.48. The molecule has 0 aliphatic heterocycles. The molecule has 0 spiro atoms. The van der Waals surface area contributed by atoms with Gasteiger partial charge in [-0.15, -0.1) is 0 Å². The van der Waals surface area contributed by atoms with Gasteiger partial charge in [0.05, 0.1) is 0 Å². The average molecular weight is 121 g/mol. The summed E-state index contributed by atoms with van der Waals surface area (Å²) in [7, 11) is 1.71. The Morgan fingerprint density at radius 3 is 2.12 bits per heavy atom. The van der Waals surface area contributed by atoms with Gasteiger partial charge in [-0.2, -0.15) is 27.7 Å². The first-order chi connectivity index (χ1) is 3.91. The molecule has 0 saturated carbocycles. The topological polar surface area (TPSA) is 98.2 Å². The third-order valence-electron chi connectivity index (χ3n) is 0.385. The number of nitrogens with one attached hydrogen (secondary N) is 6. The fourth-order valence-electron chi connectivity index (χ4n) is 0.161. The normalized spacial score (nSPS) is 9.75. The molecule has 0 aliphatic rings. The van der Waals surface area contributed by atoms with Crippen LogP contribution in [0.1, 0.15) is 0 Å². The van der Waals surface area contributed by atoms with Gasteiger partial charge in [0.2, 0.25) is 0 Å². The number of hydrazine groups is 6. The Morgan fingerprint density at radius 2 is 1.62 bits per heavy atom. The van der Waals surface area contributed by atoms with Crippen molar-refractivity contribution in [3.63, 3.8) is 0 Å². The lowest BCUT2D eigenvalue weighted by Gasteiger charge is -2.05. The Hall–Kier alpha value is -0.280. The largest absolute Gasteiger partial charge is 0.257 e. The van der Waals surface area contributed by atoms with E-state index in [-0.39, 0.29) is 0 Å². The van der Waals surface area contributed by atoms with Crippen molar-refractivity contribution in [3.05, 3.63) is 0 Å². The minimum Gasteiger partial charge on any atom is -0.257 e. The van der Waals surface area contributed by atoms with Crippen LogP contribution >= 0.6 is 0 Å². The quantitative estimate of drug-likeness (QED) is 0.116. The van der Waals surface area contributed by atoms with Crippen LogP contribution in [0.15, 0.2) is 0 Å². The van der Waals surface area contributed by atoms with Crippen LogP contribution in [0.5, 0.6) is 0 Å². The summed E-state index contributed by atoms with van der Waals surface area (Å²) in [4.78, 5) is 0. The molecule has 0 atom stereocenters. The molecule has 0 rings (SSSR count). The highest BCUT2D eigenvalue weighted by atomic mass is 15.9. The molecule has 0 fully saturated rings. The average Bonchev–Trinajstić information content (AvgIpc) is 1.81. The minimum absolute atomic E-state index is 1.71. The van der Waals surface area contributed by atoms with Gasteiger partial charge in [0.1, 0.15) is 0 Å². The fourth-order valence-corrected chi connectivity index (χ4v) is 0.161. The minimum atomic E-state index is 1.71. The first-order valence-electron chi connectivity index (χ1n) is 2.04. The second kappa shape index (κ2) is 6.72. The van der Waals surface area contributed by atoms with Crippen LogP contribution in [0.3, 0.4) is 0 Å². The van der Waals surface area contributed by atoms with Crippen molar-refractivity contribution in [3.8, 4) is 0 Å². The van der Waals surface area contributed by atoms with Crippen LogP contribution in [-0.4, -0.2) is 7.05 Å². The second-order valence-electron chi connectivity index (χ2n) is 0.894. The Morgan fingerprint density at radius 1 is 1.00 bits per heavy atom. The molecule has 50 valence electrons. The van der Waals surface area contributed by atoms with E-state index in [2.05, 4.69) is 33.1 Å². The summed E-state index contributed by atoms with van der Waals surface area (Å²) in [6.07, 6.45) is 0. The van der Waals surface area contributed by atoms with Crippen LogP contribution in [0.25, 0.3) is 0 Å². The van der Waals surface area contributed by atoms with E-state index < -0.39 is 0 Å². The summed E-state index contributed by atoms with van der Waals surface area (Å²) in [5.41, 5.74) is 14.5. The predicted molar refractivity (Wildman–Crippen MR) is 28.9 cm³/mol. The van der Waals surface area contributed by atoms with E-state index in [1.54, 1.807) is 7.05 Å². The van der Waals surface area contributed by atoms with Gasteiger partial charge in [-0.3, -0.25) is 5.84 Å². The maximum atomic E-state index is 4.80. The molecule has 0 aromatic heterocycles. The van der Waals surface area contributed by atoms with Gasteiger partial charge in [0, 0.05) is 0 Å². The lowest BCUT2D eigenvalue weighted by Crippen LogP contribution is -2.59. The van der Waals surface area contributed by atoms with Crippen LogP contribution in [-0.2, 0) is 0 Å². The summed E-state index contributed by atoms with van der Waals surface area (Å²) in [5, 5.41) is 0. The van der Waals surface area contributed by atoms with E-state index in [4.69, 9.17) is 5.84 Å². The molecule has 0 aromatic carbocycles. The van der Waals surface area contributed by atoms with E-state index in [1.807, 2.05) is 0 Å². The number of nitrogens with two attached hydrogens (primary N) is 1. The zero-order valence-electron chi connectivity index (χ0n) is 4.58. The predicted octanol–water partition coefficient (Wildman–Crippen LogP) is -3.40. The van der Waals surface area contributed by atoms with Crippen LogP contribution in [0, 0.1) is 0 Å². The van der Waals surface area contributed by atoms with E-state index >= 15 is 0 Å². The van der Waals surface area contributed by atoms with Crippen molar-refractivity contribution >= 4 is 0 Å². The monoisotopic (exact) mass is 121 g/mol. The van der Waals surface area contributed by atoms with Gasteiger partial charge in [0.25, 0.3) is 0 Å². The van der Waals surface area contributed by atoms with E-state index in [1.165, 1.54) is 0 Å². The van der Waals surface area contributed by atoms with Gasteiger partial charge in [-0.1, -0.05) is 0 Å². The molecule has 0 heterocycles. The lowest BCUT2D eigenvalue weighted by atomic mass is 11.5. The van der Waals surface area contributed by atoms with Crippen molar-refractivity contribution in [1.29, 1.82) is 0 Å². The smallest absolute Gasteiger partial charge is 0.000111 e. The summed E-state index contributed by atoms with van der Waals surface area (Å²) in [6, 6.07) is 0. The Balaban J connectivity index is 2.53. The third kappa shape index (κ3) is 5.72. The molecule has 8 N–H and O–H groups in total. The molecule has 0 radical (unpaired) electrons. The molecule has 0 saturated heterocycles. The van der Waals surface area contributed by atoms with Crippen molar-refractivity contribution in [2.45, 2.75) is 0 Å². The number of rotatable bonds is 5. The molecule has 0 unspecified atom stereocenters. The molecule has 0 aromatic rings. The third-order valence-corrected chi connectivity index (χ3v) is 0.385. The Labute approximate surface area is 47.2 Å². The fraction of sp³-hybridized carbons (Fsp3) is 1.00. The molecule has 0 aliphatic carbocycles. The van der Waals surface area contributed by atoms with Crippen LogP contribution < -0.4 is 38.9 Å². The summed E-state index contributed by atoms with van der Waals surface area (Å²) >= 11 is 0. The number of hydrogen-bond donors (Lipinski definition) is 7. The SMILES string of the molecule is CNNNNNNN. The van der Waals surface area contributed by atoms with Gasteiger partial charge in [0.15, 0.2) is 0 Å². The van der Waals surface area contributed by atoms with Gasteiger partial charge in [-0.25, -0.2) is 5.43 Å².